The van der Waals surface area contributed by atoms with Crippen LogP contribution in [0.25, 0.3) is 0 Å². The number of nitrogens with zero attached hydrogens (tertiary/aromatic N) is 2. The quantitative estimate of drug-likeness (QED) is 0.443. The predicted molar refractivity (Wildman–Crippen MR) is 113 cm³/mol. The van der Waals surface area contributed by atoms with E-state index in [0.717, 1.165) is 34.6 Å². The zero-order valence-electron chi connectivity index (χ0n) is 14.6. The molecule has 0 saturated carbocycles. The lowest BCUT2D eigenvalue weighted by molar-refractivity contribution is -0.0190. The number of hydrazone groups is 1. The molecule has 0 aliphatic carbocycles. The third-order valence-corrected chi connectivity index (χ3v) is 6.06. The van der Waals surface area contributed by atoms with E-state index in [1.807, 2.05) is 53.5 Å². The van der Waals surface area contributed by atoms with Crippen LogP contribution >= 0.6 is 34.8 Å². The van der Waals surface area contributed by atoms with Gasteiger partial charge in [0.1, 0.15) is 5.75 Å². The highest BCUT2D eigenvalue weighted by atomic mass is 35.5. The highest BCUT2D eigenvalue weighted by Crippen LogP contribution is 2.48. The molecule has 0 amide bonds. The van der Waals surface area contributed by atoms with Crippen molar-refractivity contribution in [1.82, 2.24) is 5.01 Å². The first-order valence-electron chi connectivity index (χ1n) is 8.92. The summed E-state index contributed by atoms with van der Waals surface area (Å²) in [5.74, 6) is 0.811. The summed E-state index contributed by atoms with van der Waals surface area (Å²) in [5.41, 5.74) is 4.07. The van der Waals surface area contributed by atoms with Gasteiger partial charge in [0.05, 0.1) is 21.8 Å². The van der Waals surface area contributed by atoms with Gasteiger partial charge in [-0.1, -0.05) is 71.2 Å². The number of halogens is 3. The Morgan fingerprint density at radius 3 is 2.50 bits per heavy atom. The van der Waals surface area contributed by atoms with Crippen LogP contribution in [0, 0.1) is 0 Å². The molecule has 0 fully saturated rings. The Labute approximate surface area is 178 Å². The van der Waals surface area contributed by atoms with E-state index >= 15 is 0 Å². The molecular weight excluding hydrogens is 415 g/mol. The van der Waals surface area contributed by atoms with Gasteiger partial charge in [-0.25, -0.2) is 5.01 Å². The second-order valence-electron chi connectivity index (χ2n) is 6.84. The summed E-state index contributed by atoms with van der Waals surface area (Å²) < 4.78 is 6.32. The van der Waals surface area contributed by atoms with Crippen LogP contribution in [-0.4, -0.2) is 10.7 Å². The third kappa shape index (κ3) is 3.04. The summed E-state index contributed by atoms with van der Waals surface area (Å²) >= 11 is 18.6. The van der Waals surface area contributed by atoms with E-state index in [1.165, 1.54) is 0 Å². The smallest absolute Gasteiger partial charge is 0.213 e. The first kappa shape index (κ1) is 17.9. The van der Waals surface area contributed by atoms with E-state index < -0.39 is 6.23 Å². The summed E-state index contributed by atoms with van der Waals surface area (Å²) in [7, 11) is 0. The SMILES string of the molecule is Clc1ccc2c(c1)C1CC(c3ccccc3)=NN1C(c1ccc(Cl)c(Cl)c1)O2. The molecule has 3 aromatic rings. The number of rotatable bonds is 2. The molecule has 0 N–H and O–H groups in total. The molecule has 140 valence electrons. The lowest BCUT2D eigenvalue weighted by Crippen LogP contribution is -2.33. The Kier molecular flexibility index (Phi) is 4.47. The van der Waals surface area contributed by atoms with Gasteiger partial charge in [0, 0.05) is 22.6 Å². The standard InChI is InChI=1S/C22H15Cl3N2O/c23-15-7-9-21-16(11-15)20-12-19(13-4-2-1-3-5-13)26-27(20)22(28-21)14-6-8-17(24)18(25)10-14/h1-11,20,22H,12H2. The van der Waals surface area contributed by atoms with Gasteiger partial charge in [-0.2, -0.15) is 5.10 Å². The average Bonchev–Trinajstić information content (AvgIpc) is 3.16. The number of hydrogen-bond acceptors (Lipinski definition) is 3. The summed E-state index contributed by atoms with van der Waals surface area (Å²) in [6.07, 6.45) is 0.382. The van der Waals surface area contributed by atoms with Crippen LogP contribution < -0.4 is 4.74 Å². The monoisotopic (exact) mass is 428 g/mol. The van der Waals surface area contributed by atoms with E-state index in [9.17, 15) is 0 Å². The molecule has 5 rings (SSSR count). The van der Waals surface area contributed by atoms with Crippen molar-refractivity contribution < 1.29 is 4.74 Å². The molecule has 0 aromatic heterocycles. The van der Waals surface area contributed by atoms with E-state index in [-0.39, 0.29) is 6.04 Å². The second kappa shape index (κ2) is 7.00. The van der Waals surface area contributed by atoms with Gasteiger partial charge < -0.3 is 4.74 Å². The zero-order valence-corrected chi connectivity index (χ0v) is 16.9. The molecule has 28 heavy (non-hydrogen) atoms. The van der Waals surface area contributed by atoms with E-state index in [1.54, 1.807) is 6.07 Å². The van der Waals surface area contributed by atoms with Crippen molar-refractivity contribution in [2.24, 2.45) is 5.10 Å². The molecule has 0 saturated heterocycles. The van der Waals surface area contributed by atoms with Crippen LogP contribution in [0.1, 0.15) is 35.4 Å². The van der Waals surface area contributed by atoms with E-state index in [4.69, 9.17) is 44.6 Å². The van der Waals surface area contributed by atoms with Crippen molar-refractivity contribution in [2.75, 3.05) is 0 Å². The Morgan fingerprint density at radius 2 is 1.71 bits per heavy atom. The van der Waals surface area contributed by atoms with Crippen molar-refractivity contribution >= 4 is 40.5 Å². The fourth-order valence-corrected chi connectivity index (χ4v) is 4.24. The van der Waals surface area contributed by atoms with Crippen molar-refractivity contribution in [3.05, 3.63) is 98.5 Å². The first-order valence-corrected chi connectivity index (χ1v) is 10.1. The molecule has 2 unspecified atom stereocenters. The Hall–Kier alpha value is -2.20. The highest BCUT2D eigenvalue weighted by molar-refractivity contribution is 6.42. The molecule has 2 heterocycles. The van der Waals surface area contributed by atoms with Crippen LogP contribution in [-0.2, 0) is 0 Å². The molecule has 6 heteroatoms. The van der Waals surface area contributed by atoms with Crippen molar-refractivity contribution in [3.63, 3.8) is 0 Å². The Balaban J connectivity index is 1.62. The van der Waals surface area contributed by atoms with Gasteiger partial charge in [-0.15, -0.1) is 0 Å². The molecule has 3 nitrogen and oxygen atoms in total. The van der Waals surface area contributed by atoms with Gasteiger partial charge in [0.15, 0.2) is 0 Å². The largest absolute Gasteiger partial charge is 0.464 e. The molecule has 0 radical (unpaired) electrons. The van der Waals surface area contributed by atoms with Crippen molar-refractivity contribution in [1.29, 1.82) is 0 Å². The molecule has 2 atom stereocenters. The minimum Gasteiger partial charge on any atom is -0.464 e. The fourth-order valence-electron chi connectivity index (χ4n) is 3.75. The predicted octanol–water partition coefficient (Wildman–Crippen LogP) is 6.89. The Bertz CT molecular complexity index is 1080. The summed E-state index contributed by atoms with van der Waals surface area (Å²) in [6.45, 7) is 0. The lowest BCUT2D eigenvalue weighted by Gasteiger charge is -2.38. The lowest BCUT2D eigenvalue weighted by atomic mass is 9.96. The van der Waals surface area contributed by atoms with Crippen LogP contribution in [0.2, 0.25) is 15.1 Å². The van der Waals surface area contributed by atoms with Gasteiger partial charge in [0.2, 0.25) is 6.23 Å². The summed E-state index contributed by atoms with van der Waals surface area (Å²) in [4.78, 5) is 0. The average molecular weight is 430 g/mol. The number of benzene rings is 3. The van der Waals surface area contributed by atoms with Gasteiger partial charge in [0.25, 0.3) is 0 Å². The maximum atomic E-state index is 6.32. The van der Waals surface area contributed by atoms with E-state index in [0.29, 0.717) is 15.1 Å². The van der Waals surface area contributed by atoms with Crippen molar-refractivity contribution in [2.45, 2.75) is 18.7 Å². The molecule has 2 aliphatic heterocycles. The van der Waals surface area contributed by atoms with E-state index in [2.05, 4.69) is 12.1 Å². The Morgan fingerprint density at radius 1 is 0.893 bits per heavy atom. The first-order chi connectivity index (χ1) is 13.6. The number of fused-ring (bicyclic) bond motifs is 3. The fraction of sp³-hybridized carbons (Fsp3) is 0.136. The number of ether oxygens (including phenoxy) is 1. The molecule has 2 aliphatic rings. The van der Waals surface area contributed by atoms with Crippen LogP contribution in [0.5, 0.6) is 5.75 Å². The maximum absolute atomic E-state index is 6.32. The van der Waals surface area contributed by atoms with Crippen LogP contribution in [0.15, 0.2) is 71.8 Å². The molecule has 3 aromatic carbocycles. The van der Waals surface area contributed by atoms with Crippen molar-refractivity contribution in [3.8, 4) is 5.75 Å². The van der Waals surface area contributed by atoms with Gasteiger partial charge in [-0.3, -0.25) is 0 Å². The normalized spacial score (nSPS) is 20.2. The molecular formula is C22H15Cl3N2O. The highest BCUT2D eigenvalue weighted by Gasteiger charge is 2.41. The van der Waals surface area contributed by atoms with Gasteiger partial charge >= 0.3 is 0 Å². The summed E-state index contributed by atoms with van der Waals surface area (Å²) in [6, 6.07) is 21.5. The topological polar surface area (TPSA) is 24.8 Å². The summed E-state index contributed by atoms with van der Waals surface area (Å²) in [5, 5.41) is 8.62. The molecule has 0 spiro atoms. The minimum atomic E-state index is -0.394. The van der Waals surface area contributed by atoms with Crippen LogP contribution in [0.4, 0.5) is 0 Å². The maximum Gasteiger partial charge on any atom is 0.213 e. The number of hydrogen-bond donors (Lipinski definition) is 0. The van der Waals surface area contributed by atoms with Crippen LogP contribution in [0.3, 0.4) is 0 Å². The third-order valence-electron chi connectivity index (χ3n) is 5.09. The second-order valence-corrected chi connectivity index (χ2v) is 8.09. The zero-order chi connectivity index (χ0) is 19.3. The van der Waals surface area contributed by atoms with Gasteiger partial charge in [-0.05, 0) is 35.9 Å². The minimum absolute atomic E-state index is 0.0390. The molecule has 0 bridgehead atoms.